The third-order valence-electron chi connectivity index (χ3n) is 4.15. The molecule has 0 spiro atoms. The van der Waals surface area contributed by atoms with Gasteiger partial charge in [-0.25, -0.2) is 9.78 Å². The summed E-state index contributed by atoms with van der Waals surface area (Å²) in [6, 6.07) is 5.11. The van der Waals surface area contributed by atoms with Crippen LogP contribution in [0.5, 0.6) is 0 Å². The number of rotatable bonds is 8. The molecule has 1 aromatic heterocycles. The Morgan fingerprint density at radius 1 is 1.31 bits per heavy atom. The van der Waals surface area contributed by atoms with Crippen LogP contribution in [0.15, 0.2) is 35.4 Å². The molecule has 0 bridgehead atoms. The number of hydrogen-bond acceptors (Lipinski definition) is 5. The maximum Gasteiger partial charge on any atom is 0.326 e. The fraction of sp³-hybridized carbons (Fsp3) is 0.444. The summed E-state index contributed by atoms with van der Waals surface area (Å²) in [4.78, 5) is 41.3. The molecule has 0 aliphatic carbocycles. The lowest BCUT2D eigenvalue weighted by Crippen LogP contribution is -2.48. The first-order valence-corrected chi connectivity index (χ1v) is 9.74. The fourth-order valence-corrected chi connectivity index (χ4v) is 3.15. The molecule has 1 heterocycles. The molecular weight excluding hydrogens is 354 g/mol. The standard InChI is InChI=1S/C18H23N3O4S/c1-11(2)15(18(24)25)20-16(22)14(8-9-26-3)21-10-19-13-7-5-4-6-12(13)17(21)23/h4-7,10-11,14-15H,8-9H2,1-3H3,(H,20,22)(H,24,25). The summed E-state index contributed by atoms with van der Waals surface area (Å²) < 4.78 is 1.30. The van der Waals surface area contributed by atoms with Crippen molar-refractivity contribution in [3.63, 3.8) is 0 Å². The molecule has 2 N–H and O–H groups in total. The van der Waals surface area contributed by atoms with Gasteiger partial charge in [-0.1, -0.05) is 26.0 Å². The number of nitrogens with zero attached hydrogens (tertiary/aromatic N) is 2. The van der Waals surface area contributed by atoms with Crippen molar-refractivity contribution in [2.45, 2.75) is 32.4 Å². The molecule has 2 atom stereocenters. The number of carboxylic acids is 1. The van der Waals surface area contributed by atoms with E-state index >= 15 is 0 Å². The highest BCUT2D eigenvalue weighted by molar-refractivity contribution is 7.98. The van der Waals surface area contributed by atoms with Gasteiger partial charge in [-0.2, -0.15) is 11.8 Å². The zero-order valence-corrected chi connectivity index (χ0v) is 15.8. The Morgan fingerprint density at radius 3 is 2.62 bits per heavy atom. The molecule has 2 rings (SSSR count). The van der Waals surface area contributed by atoms with Gasteiger partial charge in [0.25, 0.3) is 5.56 Å². The van der Waals surface area contributed by atoms with Crippen LogP contribution in [-0.2, 0) is 9.59 Å². The Morgan fingerprint density at radius 2 is 2.00 bits per heavy atom. The Balaban J connectivity index is 2.41. The van der Waals surface area contributed by atoms with Crippen LogP contribution in [0.25, 0.3) is 10.9 Å². The van der Waals surface area contributed by atoms with Crippen LogP contribution in [-0.4, -0.2) is 44.6 Å². The van der Waals surface area contributed by atoms with E-state index in [9.17, 15) is 19.5 Å². The normalized spacial score (nSPS) is 13.5. The molecule has 26 heavy (non-hydrogen) atoms. The Bertz CT molecular complexity index is 850. The van der Waals surface area contributed by atoms with E-state index in [4.69, 9.17) is 0 Å². The monoisotopic (exact) mass is 377 g/mol. The minimum Gasteiger partial charge on any atom is -0.480 e. The third kappa shape index (κ3) is 4.43. The first-order valence-electron chi connectivity index (χ1n) is 8.34. The van der Waals surface area contributed by atoms with E-state index in [-0.39, 0.29) is 11.5 Å². The van der Waals surface area contributed by atoms with Crippen molar-refractivity contribution in [1.29, 1.82) is 0 Å². The summed E-state index contributed by atoms with van der Waals surface area (Å²) in [7, 11) is 0. The molecule has 1 amide bonds. The van der Waals surface area contributed by atoms with Crippen LogP contribution in [0.3, 0.4) is 0 Å². The maximum absolute atomic E-state index is 12.8. The van der Waals surface area contributed by atoms with E-state index in [0.29, 0.717) is 23.1 Å². The SMILES string of the molecule is CSCCC(C(=O)NC(C(=O)O)C(C)C)n1cnc2ccccc2c1=O. The Labute approximate surface area is 155 Å². The molecule has 0 saturated heterocycles. The number of fused-ring (bicyclic) bond motifs is 1. The lowest BCUT2D eigenvalue weighted by molar-refractivity contribution is -0.143. The third-order valence-corrected chi connectivity index (χ3v) is 4.80. The summed E-state index contributed by atoms with van der Waals surface area (Å²) in [5.74, 6) is -1.21. The van der Waals surface area contributed by atoms with Gasteiger partial charge >= 0.3 is 5.97 Å². The molecular formula is C18H23N3O4S. The highest BCUT2D eigenvalue weighted by atomic mass is 32.2. The van der Waals surface area contributed by atoms with Gasteiger partial charge in [-0.15, -0.1) is 0 Å². The second-order valence-electron chi connectivity index (χ2n) is 6.34. The summed E-state index contributed by atoms with van der Waals surface area (Å²) in [5, 5.41) is 12.3. The van der Waals surface area contributed by atoms with E-state index in [0.717, 1.165) is 0 Å². The molecule has 2 unspecified atom stereocenters. The number of nitrogens with one attached hydrogen (secondary N) is 1. The minimum atomic E-state index is -1.10. The van der Waals surface area contributed by atoms with Gasteiger partial charge in [0, 0.05) is 0 Å². The number of carbonyl (C=O) groups excluding carboxylic acids is 1. The predicted molar refractivity (Wildman–Crippen MR) is 102 cm³/mol. The molecule has 2 aromatic rings. The lowest BCUT2D eigenvalue weighted by atomic mass is 10.0. The number of amides is 1. The van der Waals surface area contributed by atoms with E-state index in [1.165, 1.54) is 10.9 Å². The number of aliphatic carboxylic acids is 1. The maximum atomic E-state index is 12.8. The highest BCUT2D eigenvalue weighted by Gasteiger charge is 2.29. The molecule has 0 radical (unpaired) electrons. The van der Waals surface area contributed by atoms with E-state index in [2.05, 4.69) is 10.3 Å². The highest BCUT2D eigenvalue weighted by Crippen LogP contribution is 2.16. The van der Waals surface area contributed by atoms with Crippen molar-refractivity contribution in [3.05, 3.63) is 40.9 Å². The number of thioether (sulfide) groups is 1. The smallest absolute Gasteiger partial charge is 0.326 e. The molecule has 140 valence electrons. The number of hydrogen-bond donors (Lipinski definition) is 2. The van der Waals surface area contributed by atoms with Crippen LogP contribution < -0.4 is 10.9 Å². The van der Waals surface area contributed by atoms with Crippen molar-refractivity contribution < 1.29 is 14.7 Å². The van der Waals surface area contributed by atoms with Crippen LogP contribution >= 0.6 is 11.8 Å². The number of carbonyl (C=O) groups is 2. The second-order valence-corrected chi connectivity index (χ2v) is 7.33. The Hall–Kier alpha value is -2.35. The quantitative estimate of drug-likeness (QED) is 0.729. The summed E-state index contributed by atoms with van der Waals surface area (Å²) in [6.45, 7) is 3.44. The topological polar surface area (TPSA) is 101 Å². The van der Waals surface area contributed by atoms with Crippen LogP contribution in [0.2, 0.25) is 0 Å². The van der Waals surface area contributed by atoms with Crippen molar-refractivity contribution in [2.24, 2.45) is 5.92 Å². The van der Waals surface area contributed by atoms with E-state index < -0.39 is 24.0 Å². The summed E-state index contributed by atoms with van der Waals surface area (Å²) in [5.41, 5.74) is 0.247. The number of benzene rings is 1. The van der Waals surface area contributed by atoms with Crippen molar-refractivity contribution >= 4 is 34.5 Å². The molecule has 8 heteroatoms. The predicted octanol–water partition coefficient (Wildman–Crippen LogP) is 1.92. The molecule has 1 aromatic carbocycles. The summed E-state index contributed by atoms with van der Waals surface area (Å²) in [6.07, 6.45) is 3.67. The minimum absolute atomic E-state index is 0.274. The molecule has 7 nitrogen and oxygen atoms in total. The first kappa shape index (κ1) is 20.0. The molecule has 0 aliphatic rings. The van der Waals surface area contributed by atoms with Crippen LogP contribution in [0.4, 0.5) is 0 Å². The van der Waals surface area contributed by atoms with E-state index in [1.807, 2.05) is 6.26 Å². The zero-order chi connectivity index (χ0) is 19.3. The number of para-hydroxylation sites is 1. The van der Waals surface area contributed by atoms with Crippen LogP contribution in [0, 0.1) is 5.92 Å². The molecule has 0 aliphatic heterocycles. The molecule has 0 saturated carbocycles. The van der Waals surface area contributed by atoms with Gasteiger partial charge in [0.1, 0.15) is 12.1 Å². The zero-order valence-electron chi connectivity index (χ0n) is 15.0. The van der Waals surface area contributed by atoms with Gasteiger partial charge in [0.15, 0.2) is 0 Å². The van der Waals surface area contributed by atoms with E-state index in [1.54, 1.807) is 49.9 Å². The van der Waals surface area contributed by atoms with Crippen molar-refractivity contribution in [3.8, 4) is 0 Å². The van der Waals surface area contributed by atoms with Gasteiger partial charge in [-0.3, -0.25) is 14.2 Å². The average molecular weight is 377 g/mol. The number of carboxylic acid groups (broad SMARTS) is 1. The Kier molecular flexibility index (Phi) is 6.79. The van der Waals surface area contributed by atoms with Crippen LogP contribution in [0.1, 0.15) is 26.3 Å². The first-order chi connectivity index (χ1) is 12.4. The fourth-order valence-electron chi connectivity index (χ4n) is 2.69. The number of aromatic nitrogens is 2. The van der Waals surface area contributed by atoms with Gasteiger partial charge < -0.3 is 10.4 Å². The van der Waals surface area contributed by atoms with Gasteiger partial charge in [0.2, 0.25) is 5.91 Å². The molecule has 0 fully saturated rings. The largest absolute Gasteiger partial charge is 0.480 e. The average Bonchev–Trinajstić information content (AvgIpc) is 2.61. The van der Waals surface area contributed by atoms with Gasteiger partial charge in [-0.05, 0) is 36.5 Å². The summed E-state index contributed by atoms with van der Waals surface area (Å²) >= 11 is 1.55. The van der Waals surface area contributed by atoms with Gasteiger partial charge in [0.05, 0.1) is 17.2 Å². The second kappa shape index (κ2) is 8.84. The lowest BCUT2D eigenvalue weighted by Gasteiger charge is -2.23. The van der Waals surface area contributed by atoms with Crippen molar-refractivity contribution in [1.82, 2.24) is 14.9 Å². The van der Waals surface area contributed by atoms with Crippen molar-refractivity contribution in [2.75, 3.05) is 12.0 Å².